The third-order valence-corrected chi connectivity index (χ3v) is 4.14. The van der Waals surface area contributed by atoms with Gasteiger partial charge >= 0.3 is 6.09 Å². The molecule has 1 fully saturated rings. The number of hydrogen-bond donors (Lipinski definition) is 1. The minimum absolute atomic E-state index is 0.136. The van der Waals surface area contributed by atoms with Crippen molar-refractivity contribution >= 4 is 6.09 Å². The van der Waals surface area contributed by atoms with Crippen LogP contribution in [0.15, 0.2) is 0 Å². The Labute approximate surface area is 131 Å². The van der Waals surface area contributed by atoms with Gasteiger partial charge in [0.2, 0.25) is 5.92 Å². The molecule has 22 heavy (non-hydrogen) atoms. The van der Waals surface area contributed by atoms with E-state index in [-0.39, 0.29) is 31.6 Å². The predicted octanol–water partition coefficient (Wildman–Crippen LogP) is 3.97. The Hall–Kier alpha value is -0.910. The van der Waals surface area contributed by atoms with Gasteiger partial charge in [-0.2, -0.15) is 0 Å². The minimum Gasteiger partial charge on any atom is -0.449 e. The first-order chi connectivity index (χ1) is 10.5. The first-order valence-corrected chi connectivity index (χ1v) is 8.42. The van der Waals surface area contributed by atoms with Gasteiger partial charge in [-0.3, -0.25) is 0 Å². The fourth-order valence-corrected chi connectivity index (χ4v) is 2.72. The number of unbranched alkanes of at least 4 members (excludes halogenated alkanes) is 3. The van der Waals surface area contributed by atoms with E-state index < -0.39 is 5.92 Å². The largest absolute Gasteiger partial charge is 0.449 e. The Morgan fingerprint density at radius 1 is 1.23 bits per heavy atom. The lowest BCUT2D eigenvalue weighted by Gasteiger charge is -2.36. The van der Waals surface area contributed by atoms with Gasteiger partial charge in [-0.1, -0.05) is 13.3 Å². The first-order valence-electron chi connectivity index (χ1n) is 8.42. The maximum atomic E-state index is 13.3. The molecule has 0 aliphatic heterocycles. The maximum absolute atomic E-state index is 13.3. The van der Waals surface area contributed by atoms with Crippen LogP contribution in [0.2, 0.25) is 0 Å². The Morgan fingerprint density at radius 3 is 2.50 bits per heavy atom. The molecule has 0 saturated heterocycles. The molecule has 1 rings (SSSR count). The van der Waals surface area contributed by atoms with Crippen LogP contribution in [0.4, 0.5) is 13.6 Å². The highest BCUT2D eigenvalue weighted by Crippen LogP contribution is 2.35. The molecule has 1 aliphatic rings. The molecule has 0 spiro atoms. The first kappa shape index (κ1) is 19.1. The number of aliphatic hydroxyl groups is 1. The summed E-state index contributed by atoms with van der Waals surface area (Å²) in [5, 5.41) is 8.80. The molecule has 1 N–H and O–H groups in total. The summed E-state index contributed by atoms with van der Waals surface area (Å²) >= 11 is 0. The van der Waals surface area contributed by atoms with Gasteiger partial charge < -0.3 is 14.7 Å². The second kappa shape index (κ2) is 9.98. The number of halogens is 2. The fraction of sp³-hybridized carbons (Fsp3) is 0.938. The van der Waals surface area contributed by atoms with E-state index in [2.05, 4.69) is 0 Å². The van der Waals surface area contributed by atoms with E-state index in [0.29, 0.717) is 32.4 Å². The number of alkyl halides is 2. The normalized spacial score (nSPS) is 18.2. The van der Waals surface area contributed by atoms with Gasteiger partial charge in [0.05, 0.1) is 6.61 Å². The average Bonchev–Trinajstić information content (AvgIpc) is 2.48. The molecule has 0 aromatic rings. The molecule has 0 bridgehead atoms. The Bertz CT molecular complexity index is 317. The second-order valence-electron chi connectivity index (χ2n) is 6.03. The Morgan fingerprint density at radius 2 is 1.91 bits per heavy atom. The van der Waals surface area contributed by atoms with Gasteiger partial charge in [-0.25, -0.2) is 13.6 Å². The van der Waals surface area contributed by atoms with Gasteiger partial charge in [0.15, 0.2) is 0 Å². The van der Waals surface area contributed by atoms with Crippen LogP contribution in [0, 0.1) is 0 Å². The quantitative estimate of drug-likeness (QED) is 0.654. The summed E-state index contributed by atoms with van der Waals surface area (Å²) in [4.78, 5) is 13.8. The lowest BCUT2D eigenvalue weighted by atomic mass is 9.91. The van der Waals surface area contributed by atoms with Crippen molar-refractivity contribution in [1.82, 2.24) is 4.90 Å². The van der Waals surface area contributed by atoms with E-state index >= 15 is 0 Å². The third kappa shape index (κ3) is 6.90. The predicted molar refractivity (Wildman–Crippen MR) is 81.1 cm³/mol. The molecule has 1 saturated carbocycles. The van der Waals surface area contributed by atoms with E-state index in [1.807, 2.05) is 6.92 Å². The van der Waals surface area contributed by atoms with Gasteiger partial charge in [0, 0.05) is 32.0 Å². The maximum Gasteiger partial charge on any atom is 0.410 e. The lowest BCUT2D eigenvalue weighted by Crippen LogP contribution is -2.45. The van der Waals surface area contributed by atoms with Crippen molar-refractivity contribution in [2.24, 2.45) is 0 Å². The summed E-state index contributed by atoms with van der Waals surface area (Å²) in [6.07, 6.45) is 3.99. The van der Waals surface area contributed by atoms with Crippen molar-refractivity contribution in [2.75, 3.05) is 19.8 Å². The monoisotopic (exact) mass is 321 g/mol. The summed E-state index contributed by atoms with van der Waals surface area (Å²) in [6.45, 7) is 3.05. The average molecular weight is 321 g/mol. The number of carbonyl (C=O) groups is 1. The highest BCUT2D eigenvalue weighted by molar-refractivity contribution is 5.68. The molecule has 0 unspecified atom stereocenters. The van der Waals surface area contributed by atoms with Crippen molar-refractivity contribution in [3.63, 3.8) is 0 Å². The third-order valence-electron chi connectivity index (χ3n) is 4.14. The number of amides is 1. The molecule has 0 radical (unpaired) electrons. The van der Waals surface area contributed by atoms with E-state index in [1.54, 1.807) is 4.90 Å². The molecule has 0 aromatic carbocycles. The number of rotatable bonds is 9. The van der Waals surface area contributed by atoms with Crippen LogP contribution in [-0.2, 0) is 4.74 Å². The summed E-state index contributed by atoms with van der Waals surface area (Å²) in [6, 6.07) is -0.150. The van der Waals surface area contributed by atoms with Crippen LogP contribution in [0.25, 0.3) is 0 Å². The molecule has 1 amide bonds. The van der Waals surface area contributed by atoms with Crippen molar-refractivity contribution < 1.29 is 23.4 Å². The molecule has 130 valence electrons. The molecule has 0 heterocycles. The summed E-state index contributed by atoms with van der Waals surface area (Å²) in [5.41, 5.74) is 0. The molecule has 0 atom stereocenters. The minimum atomic E-state index is -2.59. The van der Waals surface area contributed by atoms with Gasteiger partial charge in [0.25, 0.3) is 0 Å². The number of nitrogens with zero attached hydrogens (tertiary/aromatic N) is 1. The van der Waals surface area contributed by atoms with Crippen molar-refractivity contribution in [2.45, 2.75) is 76.7 Å². The number of aliphatic hydroxyl groups excluding tert-OH is 1. The topological polar surface area (TPSA) is 49.8 Å². The SMILES string of the molecule is CCCCOC(=O)N(CCCCCO)C1CCC(F)(F)CC1. The second-order valence-corrected chi connectivity index (χ2v) is 6.03. The number of ether oxygens (including phenoxy) is 1. The fourth-order valence-electron chi connectivity index (χ4n) is 2.72. The molecule has 6 heteroatoms. The summed E-state index contributed by atoms with van der Waals surface area (Å²) in [7, 11) is 0. The zero-order valence-electron chi connectivity index (χ0n) is 13.5. The highest BCUT2D eigenvalue weighted by atomic mass is 19.3. The standard InChI is InChI=1S/C16H29F2NO3/c1-2-3-13-22-15(21)19(11-5-4-6-12-20)14-7-9-16(17,18)10-8-14/h14,20H,2-13H2,1H3. The molecule has 0 aromatic heterocycles. The highest BCUT2D eigenvalue weighted by Gasteiger charge is 2.38. The van der Waals surface area contributed by atoms with Crippen LogP contribution in [-0.4, -0.2) is 47.8 Å². The van der Waals surface area contributed by atoms with Gasteiger partial charge in [-0.05, 0) is 38.5 Å². The van der Waals surface area contributed by atoms with E-state index in [9.17, 15) is 13.6 Å². The Balaban J connectivity index is 2.51. The van der Waals surface area contributed by atoms with Crippen LogP contribution in [0.1, 0.15) is 64.7 Å². The van der Waals surface area contributed by atoms with Crippen LogP contribution >= 0.6 is 0 Å². The van der Waals surface area contributed by atoms with E-state index in [4.69, 9.17) is 9.84 Å². The molecule has 1 aliphatic carbocycles. The zero-order chi connectivity index (χ0) is 16.4. The number of carbonyl (C=O) groups excluding carboxylic acids is 1. The lowest BCUT2D eigenvalue weighted by molar-refractivity contribution is -0.0529. The van der Waals surface area contributed by atoms with Crippen LogP contribution < -0.4 is 0 Å². The Kier molecular flexibility index (Phi) is 8.68. The van der Waals surface area contributed by atoms with E-state index in [0.717, 1.165) is 25.7 Å². The van der Waals surface area contributed by atoms with Gasteiger partial charge in [-0.15, -0.1) is 0 Å². The van der Waals surface area contributed by atoms with Gasteiger partial charge in [0.1, 0.15) is 0 Å². The number of hydrogen-bond acceptors (Lipinski definition) is 3. The smallest absolute Gasteiger partial charge is 0.410 e. The van der Waals surface area contributed by atoms with Crippen molar-refractivity contribution in [3.8, 4) is 0 Å². The molecule has 4 nitrogen and oxygen atoms in total. The van der Waals surface area contributed by atoms with Crippen molar-refractivity contribution in [1.29, 1.82) is 0 Å². The summed E-state index contributed by atoms with van der Waals surface area (Å²) < 4.78 is 31.8. The molecular weight excluding hydrogens is 292 g/mol. The molecular formula is C16H29F2NO3. The van der Waals surface area contributed by atoms with Crippen LogP contribution in [0.5, 0.6) is 0 Å². The van der Waals surface area contributed by atoms with Crippen molar-refractivity contribution in [3.05, 3.63) is 0 Å². The zero-order valence-corrected chi connectivity index (χ0v) is 13.5. The van der Waals surface area contributed by atoms with Crippen LogP contribution in [0.3, 0.4) is 0 Å². The van der Waals surface area contributed by atoms with E-state index in [1.165, 1.54) is 0 Å². The summed E-state index contributed by atoms with van der Waals surface area (Å²) in [5.74, 6) is -2.59.